The lowest BCUT2D eigenvalue weighted by Gasteiger charge is -2.10. The molecule has 1 aliphatic carbocycles. The number of rotatable bonds is 1. The highest BCUT2D eigenvalue weighted by molar-refractivity contribution is 5.97. The zero-order chi connectivity index (χ0) is 14.2. The molecule has 2 aliphatic rings. The number of aromatic nitrogens is 2. The molecule has 4 heteroatoms. The molecule has 21 heavy (non-hydrogen) atoms. The van der Waals surface area contributed by atoms with Crippen LogP contribution in [0.25, 0.3) is 0 Å². The number of benzene rings is 1. The van der Waals surface area contributed by atoms with Crippen molar-refractivity contribution in [2.45, 2.75) is 31.6 Å². The average molecular weight is 280 g/mol. The summed E-state index contributed by atoms with van der Waals surface area (Å²) in [6.45, 7) is 0.575. The number of fused-ring (bicyclic) bond motifs is 2. The number of hydrogen-bond acceptors (Lipinski definition) is 4. The van der Waals surface area contributed by atoms with Gasteiger partial charge in [0.25, 0.3) is 0 Å². The molecule has 1 atom stereocenters. The van der Waals surface area contributed by atoms with E-state index in [0.29, 0.717) is 18.6 Å². The fourth-order valence-corrected chi connectivity index (χ4v) is 3.11. The van der Waals surface area contributed by atoms with Gasteiger partial charge in [-0.2, -0.15) is 0 Å². The third-order valence-electron chi connectivity index (χ3n) is 4.27. The predicted octanol–water partition coefficient (Wildman–Crippen LogP) is 2.91. The summed E-state index contributed by atoms with van der Waals surface area (Å²) in [4.78, 5) is 21.2. The highest BCUT2D eigenvalue weighted by Gasteiger charge is 2.29. The van der Waals surface area contributed by atoms with Crippen LogP contribution < -0.4 is 4.74 Å². The topological polar surface area (TPSA) is 52.1 Å². The molecular weight excluding hydrogens is 264 g/mol. The molecule has 1 aliphatic heterocycles. The van der Waals surface area contributed by atoms with E-state index in [-0.39, 0.29) is 11.7 Å². The Hall–Kier alpha value is -2.23. The van der Waals surface area contributed by atoms with Crippen molar-refractivity contribution in [1.29, 1.82) is 0 Å². The molecule has 4 rings (SSSR count). The van der Waals surface area contributed by atoms with E-state index in [9.17, 15) is 4.79 Å². The van der Waals surface area contributed by atoms with Gasteiger partial charge < -0.3 is 4.74 Å². The van der Waals surface area contributed by atoms with Crippen LogP contribution in [0.5, 0.6) is 5.75 Å². The number of hydrogen-bond donors (Lipinski definition) is 0. The lowest BCUT2D eigenvalue weighted by Crippen LogP contribution is -2.12. The summed E-state index contributed by atoms with van der Waals surface area (Å²) in [7, 11) is 0. The summed E-state index contributed by atoms with van der Waals surface area (Å²) < 4.78 is 5.71. The minimum atomic E-state index is 0.0739. The van der Waals surface area contributed by atoms with Gasteiger partial charge in [0.05, 0.1) is 17.2 Å². The molecule has 0 saturated heterocycles. The fraction of sp³-hybridized carbons (Fsp3) is 0.353. The molecule has 106 valence electrons. The molecule has 0 N–H and O–H groups in total. The standard InChI is InChI=1S/C17H16N2O2/c20-15-7-3-2-6-14-12(15)9-18-17(19-14)13-10-21-16-8-4-1-5-11(13)16/h1,4-5,8-9,13H,2-3,6-7,10H2. The number of nitrogens with zero attached hydrogens (tertiary/aromatic N) is 2. The number of para-hydroxylation sites is 1. The van der Waals surface area contributed by atoms with Crippen LogP contribution in [-0.4, -0.2) is 22.4 Å². The first-order chi connectivity index (χ1) is 10.3. The van der Waals surface area contributed by atoms with Gasteiger partial charge in [-0.1, -0.05) is 18.2 Å². The SMILES string of the molecule is O=C1CCCCc2nc(C3COc4ccccc43)ncc21. The third-order valence-corrected chi connectivity index (χ3v) is 4.27. The van der Waals surface area contributed by atoms with Crippen LogP contribution in [-0.2, 0) is 6.42 Å². The molecule has 0 radical (unpaired) electrons. The van der Waals surface area contributed by atoms with Crippen LogP contribution in [0, 0.1) is 0 Å². The molecule has 0 amide bonds. The summed E-state index contributed by atoms with van der Waals surface area (Å²) in [5, 5.41) is 0. The van der Waals surface area contributed by atoms with Gasteiger partial charge in [-0.15, -0.1) is 0 Å². The molecule has 0 spiro atoms. The molecule has 2 aromatic rings. The number of Topliss-reactive ketones (excluding diaryl/α,β-unsaturated/α-hetero) is 1. The molecule has 2 heterocycles. The van der Waals surface area contributed by atoms with E-state index in [0.717, 1.165) is 42.1 Å². The molecule has 0 saturated carbocycles. The van der Waals surface area contributed by atoms with Gasteiger partial charge in [0, 0.05) is 18.2 Å². The summed E-state index contributed by atoms with van der Waals surface area (Å²) in [5.74, 6) is 1.94. The monoisotopic (exact) mass is 280 g/mol. The lowest BCUT2D eigenvalue weighted by atomic mass is 10.00. The molecule has 0 fully saturated rings. The number of aryl methyl sites for hydroxylation is 1. The van der Waals surface area contributed by atoms with Gasteiger partial charge in [-0.3, -0.25) is 4.79 Å². The second-order valence-electron chi connectivity index (χ2n) is 5.62. The zero-order valence-corrected chi connectivity index (χ0v) is 11.7. The molecule has 1 aromatic carbocycles. The smallest absolute Gasteiger partial charge is 0.166 e. The van der Waals surface area contributed by atoms with Crippen LogP contribution in [0.1, 0.15) is 52.6 Å². The Kier molecular flexibility index (Phi) is 2.95. The third kappa shape index (κ3) is 2.11. The van der Waals surface area contributed by atoms with E-state index in [1.807, 2.05) is 18.2 Å². The maximum absolute atomic E-state index is 12.0. The van der Waals surface area contributed by atoms with Crippen molar-refractivity contribution in [2.24, 2.45) is 0 Å². The van der Waals surface area contributed by atoms with Crippen molar-refractivity contribution >= 4 is 5.78 Å². The van der Waals surface area contributed by atoms with Gasteiger partial charge >= 0.3 is 0 Å². The Balaban J connectivity index is 1.75. The van der Waals surface area contributed by atoms with Crippen molar-refractivity contribution in [3.63, 3.8) is 0 Å². The van der Waals surface area contributed by atoms with E-state index in [1.54, 1.807) is 6.20 Å². The fourth-order valence-electron chi connectivity index (χ4n) is 3.11. The van der Waals surface area contributed by atoms with Crippen LogP contribution in [0.3, 0.4) is 0 Å². The van der Waals surface area contributed by atoms with Crippen LogP contribution in [0.15, 0.2) is 30.5 Å². The summed E-state index contributed by atoms with van der Waals surface area (Å²) in [6.07, 6.45) is 5.16. The van der Waals surface area contributed by atoms with Gasteiger partial charge in [-0.05, 0) is 25.3 Å². The van der Waals surface area contributed by atoms with Gasteiger partial charge in [0.1, 0.15) is 18.2 Å². The van der Waals surface area contributed by atoms with Gasteiger partial charge in [-0.25, -0.2) is 9.97 Å². The van der Waals surface area contributed by atoms with Crippen LogP contribution >= 0.6 is 0 Å². The first-order valence-corrected chi connectivity index (χ1v) is 7.43. The number of ether oxygens (including phenoxy) is 1. The summed E-state index contributed by atoms with van der Waals surface area (Å²) >= 11 is 0. The number of carbonyl (C=O) groups excluding carboxylic acids is 1. The molecular formula is C17H16N2O2. The van der Waals surface area contributed by atoms with E-state index in [1.165, 1.54) is 0 Å². The predicted molar refractivity (Wildman–Crippen MR) is 77.7 cm³/mol. The van der Waals surface area contributed by atoms with Gasteiger partial charge in [0.15, 0.2) is 5.78 Å². The minimum Gasteiger partial charge on any atom is -0.492 e. The van der Waals surface area contributed by atoms with E-state index >= 15 is 0 Å². The molecule has 4 nitrogen and oxygen atoms in total. The zero-order valence-electron chi connectivity index (χ0n) is 11.7. The maximum atomic E-state index is 12.0. The second kappa shape index (κ2) is 4.95. The Labute approximate surface area is 123 Å². The van der Waals surface area contributed by atoms with Gasteiger partial charge in [0.2, 0.25) is 0 Å². The highest BCUT2D eigenvalue weighted by Crippen LogP contribution is 2.36. The highest BCUT2D eigenvalue weighted by atomic mass is 16.5. The quantitative estimate of drug-likeness (QED) is 0.754. The Bertz CT molecular complexity index is 712. The Morgan fingerprint density at radius 3 is 2.95 bits per heavy atom. The lowest BCUT2D eigenvalue weighted by molar-refractivity contribution is 0.0981. The average Bonchev–Trinajstić information content (AvgIpc) is 2.86. The molecule has 0 bridgehead atoms. The van der Waals surface area contributed by atoms with Crippen molar-refractivity contribution in [2.75, 3.05) is 6.61 Å². The van der Waals surface area contributed by atoms with Crippen LogP contribution in [0.2, 0.25) is 0 Å². The number of ketones is 1. The van der Waals surface area contributed by atoms with E-state index in [4.69, 9.17) is 9.72 Å². The van der Waals surface area contributed by atoms with Crippen molar-refractivity contribution in [1.82, 2.24) is 9.97 Å². The largest absolute Gasteiger partial charge is 0.492 e. The Morgan fingerprint density at radius 2 is 2.00 bits per heavy atom. The van der Waals surface area contributed by atoms with Crippen molar-refractivity contribution < 1.29 is 9.53 Å². The first-order valence-electron chi connectivity index (χ1n) is 7.43. The van der Waals surface area contributed by atoms with Crippen LogP contribution in [0.4, 0.5) is 0 Å². The van der Waals surface area contributed by atoms with Crippen molar-refractivity contribution in [3.8, 4) is 5.75 Å². The second-order valence-corrected chi connectivity index (χ2v) is 5.62. The summed E-state index contributed by atoms with van der Waals surface area (Å²) in [6, 6.07) is 8.01. The number of carbonyl (C=O) groups is 1. The minimum absolute atomic E-state index is 0.0739. The first kappa shape index (κ1) is 12.5. The summed E-state index contributed by atoms with van der Waals surface area (Å²) in [5.41, 5.74) is 2.76. The molecule has 1 unspecified atom stereocenters. The maximum Gasteiger partial charge on any atom is 0.166 e. The molecule has 1 aromatic heterocycles. The van der Waals surface area contributed by atoms with Crippen molar-refractivity contribution in [3.05, 3.63) is 53.1 Å². The van der Waals surface area contributed by atoms with E-state index < -0.39 is 0 Å². The normalized spacial score (nSPS) is 20.4. The van der Waals surface area contributed by atoms with E-state index in [2.05, 4.69) is 11.1 Å². The Morgan fingerprint density at radius 1 is 1.14 bits per heavy atom.